The van der Waals surface area contributed by atoms with Crippen LogP contribution in [0.4, 0.5) is 0 Å². The van der Waals surface area contributed by atoms with Gasteiger partial charge in [0.15, 0.2) is 0 Å². The standard InChI is InChI=1S/C16H28N2O/c1-5-6-7-8-11-19-15-10-9-14(12-17-15)13-18-16(2,3)4/h9-10,12,18H,5-8,11,13H2,1-4H3. The minimum Gasteiger partial charge on any atom is -0.478 e. The molecule has 0 bridgehead atoms. The summed E-state index contributed by atoms with van der Waals surface area (Å²) in [6.45, 7) is 10.3. The van der Waals surface area contributed by atoms with E-state index in [1.807, 2.05) is 12.3 Å². The fourth-order valence-electron chi connectivity index (χ4n) is 1.67. The minimum atomic E-state index is 0.133. The van der Waals surface area contributed by atoms with E-state index in [1.54, 1.807) is 0 Å². The number of rotatable bonds is 8. The smallest absolute Gasteiger partial charge is 0.213 e. The molecule has 0 fully saturated rings. The summed E-state index contributed by atoms with van der Waals surface area (Å²) in [6, 6.07) is 4.03. The third-order valence-electron chi connectivity index (χ3n) is 2.87. The lowest BCUT2D eigenvalue weighted by atomic mass is 10.1. The van der Waals surface area contributed by atoms with Crippen LogP contribution in [-0.2, 0) is 6.54 Å². The highest BCUT2D eigenvalue weighted by molar-refractivity contribution is 5.17. The Balaban J connectivity index is 2.27. The number of nitrogens with one attached hydrogen (secondary N) is 1. The Morgan fingerprint density at radius 1 is 1.16 bits per heavy atom. The number of aromatic nitrogens is 1. The molecular weight excluding hydrogens is 236 g/mol. The van der Waals surface area contributed by atoms with Gasteiger partial charge in [0.2, 0.25) is 5.88 Å². The van der Waals surface area contributed by atoms with Crippen molar-refractivity contribution in [2.24, 2.45) is 0 Å². The van der Waals surface area contributed by atoms with Crippen molar-refractivity contribution in [3.63, 3.8) is 0 Å². The Kier molecular flexibility index (Phi) is 6.85. The zero-order valence-corrected chi connectivity index (χ0v) is 12.8. The number of ether oxygens (including phenoxy) is 1. The van der Waals surface area contributed by atoms with E-state index in [2.05, 4.69) is 44.1 Å². The number of pyridine rings is 1. The molecule has 0 amide bonds. The number of nitrogens with zero attached hydrogens (tertiary/aromatic N) is 1. The van der Waals surface area contributed by atoms with Crippen molar-refractivity contribution >= 4 is 0 Å². The summed E-state index contributed by atoms with van der Waals surface area (Å²) in [6.07, 6.45) is 6.79. The van der Waals surface area contributed by atoms with Gasteiger partial charge in [-0.2, -0.15) is 0 Å². The van der Waals surface area contributed by atoms with Gasteiger partial charge in [0, 0.05) is 24.3 Å². The van der Waals surface area contributed by atoms with E-state index in [0.717, 1.165) is 25.5 Å². The topological polar surface area (TPSA) is 34.1 Å². The highest BCUT2D eigenvalue weighted by Gasteiger charge is 2.08. The maximum absolute atomic E-state index is 5.62. The van der Waals surface area contributed by atoms with Crippen LogP contribution in [0.3, 0.4) is 0 Å². The summed E-state index contributed by atoms with van der Waals surface area (Å²) in [7, 11) is 0. The maximum atomic E-state index is 5.62. The molecule has 1 aromatic heterocycles. The molecule has 0 atom stereocenters. The molecule has 0 spiro atoms. The summed E-state index contributed by atoms with van der Waals surface area (Å²) in [5.74, 6) is 0.732. The second kappa shape index (κ2) is 8.16. The normalized spacial score (nSPS) is 11.6. The summed E-state index contributed by atoms with van der Waals surface area (Å²) in [5.41, 5.74) is 1.32. The Morgan fingerprint density at radius 3 is 2.53 bits per heavy atom. The van der Waals surface area contributed by atoms with E-state index in [-0.39, 0.29) is 5.54 Å². The van der Waals surface area contributed by atoms with Crippen molar-refractivity contribution in [2.45, 2.75) is 65.5 Å². The van der Waals surface area contributed by atoms with Crippen LogP contribution >= 0.6 is 0 Å². The first-order valence-electron chi connectivity index (χ1n) is 7.34. The molecule has 0 unspecified atom stereocenters. The van der Waals surface area contributed by atoms with Crippen LogP contribution in [0.2, 0.25) is 0 Å². The van der Waals surface area contributed by atoms with Gasteiger partial charge in [0.1, 0.15) is 0 Å². The van der Waals surface area contributed by atoms with Crippen LogP contribution in [0.15, 0.2) is 18.3 Å². The van der Waals surface area contributed by atoms with Gasteiger partial charge in [0.25, 0.3) is 0 Å². The Labute approximate surface area is 117 Å². The molecule has 1 aromatic rings. The van der Waals surface area contributed by atoms with Crippen molar-refractivity contribution in [2.75, 3.05) is 6.61 Å². The third-order valence-corrected chi connectivity index (χ3v) is 2.87. The quantitative estimate of drug-likeness (QED) is 0.722. The van der Waals surface area contributed by atoms with Gasteiger partial charge in [-0.1, -0.05) is 32.3 Å². The molecule has 0 saturated heterocycles. The van der Waals surface area contributed by atoms with Crippen molar-refractivity contribution < 1.29 is 4.74 Å². The van der Waals surface area contributed by atoms with Crippen LogP contribution in [0.5, 0.6) is 5.88 Å². The molecule has 3 heteroatoms. The van der Waals surface area contributed by atoms with E-state index in [0.29, 0.717) is 0 Å². The lowest BCUT2D eigenvalue weighted by Gasteiger charge is -2.20. The van der Waals surface area contributed by atoms with Crippen LogP contribution in [-0.4, -0.2) is 17.1 Å². The maximum Gasteiger partial charge on any atom is 0.213 e. The summed E-state index contributed by atoms with van der Waals surface area (Å²) in [5, 5.41) is 3.44. The first kappa shape index (κ1) is 16.0. The zero-order valence-electron chi connectivity index (χ0n) is 12.8. The second-order valence-electron chi connectivity index (χ2n) is 6.02. The van der Waals surface area contributed by atoms with Crippen molar-refractivity contribution in [1.29, 1.82) is 0 Å². The SMILES string of the molecule is CCCCCCOc1ccc(CNC(C)(C)C)cn1. The highest BCUT2D eigenvalue weighted by atomic mass is 16.5. The van der Waals surface area contributed by atoms with Crippen LogP contribution in [0.1, 0.15) is 58.9 Å². The molecule has 0 aliphatic heterocycles. The molecule has 0 aromatic carbocycles. The molecule has 3 nitrogen and oxygen atoms in total. The third kappa shape index (κ3) is 7.83. The molecule has 1 N–H and O–H groups in total. The van der Waals surface area contributed by atoms with Crippen LogP contribution in [0.25, 0.3) is 0 Å². The lowest BCUT2D eigenvalue weighted by molar-refractivity contribution is 0.293. The Bertz CT molecular complexity index is 341. The number of hydrogen-bond donors (Lipinski definition) is 1. The van der Waals surface area contributed by atoms with E-state index in [9.17, 15) is 0 Å². The zero-order chi connectivity index (χ0) is 14.1. The second-order valence-corrected chi connectivity index (χ2v) is 6.02. The molecule has 0 radical (unpaired) electrons. The lowest BCUT2D eigenvalue weighted by Crippen LogP contribution is -2.35. The fourth-order valence-corrected chi connectivity index (χ4v) is 1.67. The molecule has 1 rings (SSSR count). The highest BCUT2D eigenvalue weighted by Crippen LogP contribution is 2.10. The largest absolute Gasteiger partial charge is 0.478 e. The van der Waals surface area contributed by atoms with Gasteiger partial charge in [-0.3, -0.25) is 0 Å². The van der Waals surface area contributed by atoms with E-state index in [1.165, 1.54) is 24.8 Å². The summed E-state index contributed by atoms with van der Waals surface area (Å²) < 4.78 is 5.62. The van der Waals surface area contributed by atoms with Crippen LogP contribution in [0, 0.1) is 0 Å². The van der Waals surface area contributed by atoms with Gasteiger partial charge in [0.05, 0.1) is 6.61 Å². The van der Waals surface area contributed by atoms with Gasteiger partial charge in [-0.05, 0) is 32.8 Å². The number of unbranched alkanes of at least 4 members (excludes halogenated alkanes) is 3. The van der Waals surface area contributed by atoms with Crippen LogP contribution < -0.4 is 10.1 Å². The molecule has 1 heterocycles. The minimum absolute atomic E-state index is 0.133. The molecule has 0 saturated carbocycles. The van der Waals surface area contributed by atoms with Gasteiger partial charge < -0.3 is 10.1 Å². The van der Waals surface area contributed by atoms with E-state index >= 15 is 0 Å². The summed E-state index contributed by atoms with van der Waals surface area (Å²) >= 11 is 0. The van der Waals surface area contributed by atoms with E-state index in [4.69, 9.17) is 4.74 Å². The van der Waals surface area contributed by atoms with Gasteiger partial charge in [-0.15, -0.1) is 0 Å². The molecule has 108 valence electrons. The average Bonchev–Trinajstić information content (AvgIpc) is 2.37. The van der Waals surface area contributed by atoms with E-state index < -0.39 is 0 Å². The summed E-state index contributed by atoms with van der Waals surface area (Å²) in [4.78, 5) is 4.33. The molecular formula is C16H28N2O. The van der Waals surface area contributed by atoms with Crippen molar-refractivity contribution in [3.05, 3.63) is 23.9 Å². The molecule has 0 aliphatic carbocycles. The predicted octanol–water partition coefficient (Wildman–Crippen LogP) is 3.93. The first-order valence-corrected chi connectivity index (χ1v) is 7.34. The van der Waals surface area contributed by atoms with Crippen molar-refractivity contribution in [3.8, 4) is 5.88 Å². The average molecular weight is 264 g/mol. The van der Waals surface area contributed by atoms with Gasteiger partial charge >= 0.3 is 0 Å². The molecule has 19 heavy (non-hydrogen) atoms. The monoisotopic (exact) mass is 264 g/mol. The Morgan fingerprint density at radius 2 is 1.95 bits per heavy atom. The number of hydrogen-bond acceptors (Lipinski definition) is 3. The first-order chi connectivity index (χ1) is 9.01. The molecule has 0 aliphatic rings. The van der Waals surface area contributed by atoms with Gasteiger partial charge in [-0.25, -0.2) is 4.98 Å². The fraction of sp³-hybridized carbons (Fsp3) is 0.688. The predicted molar refractivity (Wildman–Crippen MR) is 80.5 cm³/mol. The Hall–Kier alpha value is -1.09. The van der Waals surface area contributed by atoms with Crippen molar-refractivity contribution in [1.82, 2.24) is 10.3 Å².